The van der Waals surface area contributed by atoms with Crippen LogP contribution in [-0.2, 0) is 6.54 Å². The van der Waals surface area contributed by atoms with Gasteiger partial charge >= 0.3 is 0 Å². The van der Waals surface area contributed by atoms with Crippen LogP contribution >= 0.6 is 11.8 Å². The molecule has 1 saturated carbocycles. The number of hydrogen-bond donors (Lipinski definition) is 1. The lowest BCUT2D eigenvalue weighted by atomic mass is 10.2. The number of benzene rings is 2. The van der Waals surface area contributed by atoms with Crippen molar-refractivity contribution < 1.29 is 13.2 Å². The Labute approximate surface area is 125 Å². The van der Waals surface area contributed by atoms with Gasteiger partial charge in [0.25, 0.3) is 0 Å². The smallest absolute Gasteiger partial charge is 0.140 e. The molecule has 0 saturated heterocycles. The zero-order valence-electron chi connectivity index (χ0n) is 11.2. The highest BCUT2D eigenvalue weighted by atomic mass is 32.2. The Balaban J connectivity index is 1.85. The van der Waals surface area contributed by atoms with Gasteiger partial charge in [-0.25, -0.2) is 13.2 Å². The molecule has 0 unspecified atom stereocenters. The lowest BCUT2D eigenvalue weighted by molar-refractivity contribution is 0.564. The van der Waals surface area contributed by atoms with E-state index in [0.717, 1.165) is 36.2 Å². The fourth-order valence-electron chi connectivity index (χ4n) is 2.02. The van der Waals surface area contributed by atoms with E-state index in [9.17, 15) is 13.2 Å². The van der Waals surface area contributed by atoms with Crippen molar-refractivity contribution in [2.24, 2.45) is 0 Å². The molecule has 0 aromatic heterocycles. The summed E-state index contributed by atoms with van der Waals surface area (Å²) in [7, 11) is 0. The molecule has 1 fully saturated rings. The molecule has 3 rings (SSSR count). The first kappa shape index (κ1) is 14.5. The molecule has 0 heterocycles. The van der Waals surface area contributed by atoms with E-state index in [2.05, 4.69) is 5.32 Å². The van der Waals surface area contributed by atoms with Crippen LogP contribution in [0.1, 0.15) is 18.4 Å². The molecule has 0 spiro atoms. The Morgan fingerprint density at radius 1 is 1.05 bits per heavy atom. The van der Waals surface area contributed by atoms with E-state index in [0.29, 0.717) is 17.5 Å². The van der Waals surface area contributed by atoms with Crippen molar-refractivity contribution in [3.05, 3.63) is 59.4 Å². The third-order valence-corrected chi connectivity index (χ3v) is 4.53. The van der Waals surface area contributed by atoms with Gasteiger partial charge in [-0.3, -0.25) is 0 Å². The molecular weight excluding hydrogens is 295 g/mol. The molecule has 2 aromatic carbocycles. The first-order valence-corrected chi connectivity index (χ1v) is 7.59. The first-order chi connectivity index (χ1) is 10.1. The largest absolute Gasteiger partial charge is 0.310 e. The molecular formula is C16H14F3NS. The second-order valence-corrected chi connectivity index (χ2v) is 6.11. The molecule has 0 atom stereocenters. The van der Waals surface area contributed by atoms with Gasteiger partial charge in [-0.2, -0.15) is 0 Å². The van der Waals surface area contributed by atoms with Crippen LogP contribution in [0, 0.1) is 17.5 Å². The molecule has 0 radical (unpaired) electrons. The minimum Gasteiger partial charge on any atom is -0.310 e. The summed E-state index contributed by atoms with van der Waals surface area (Å²) < 4.78 is 40.7. The van der Waals surface area contributed by atoms with E-state index in [4.69, 9.17) is 0 Å². The highest BCUT2D eigenvalue weighted by Gasteiger charge is 2.21. The van der Waals surface area contributed by atoms with Crippen molar-refractivity contribution in [3.8, 4) is 0 Å². The average molecular weight is 309 g/mol. The maximum absolute atomic E-state index is 14.0. The van der Waals surface area contributed by atoms with Crippen LogP contribution in [0.15, 0.2) is 46.2 Å². The van der Waals surface area contributed by atoms with Gasteiger partial charge in [-0.05, 0) is 36.6 Å². The van der Waals surface area contributed by atoms with Crippen LogP contribution in [-0.4, -0.2) is 6.04 Å². The van der Waals surface area contributed by atoms with Crippen LogP contribution in [0.25, 0.3) is 0 Å². The summed E-state index contributed by atoms with van der Waals surface area (Å²) >= 11 is 0.992. The fraction of sp³-hybridized carbons (Fsp3) is 0.250. The Kier molecular flexibility index (Phi) is 4.22. The average Bonchev–Trinajstić information content (AvgIpc) is 3.26. The van der Waals surface area contributed by atoms with E-state index in [1.54, 1.807) is 6.07 Å². The third kappa shape index (κ3) is 3.60. The van der Waals surface area contributed by atoms with Crippen molar-refractivity contribution in [2.45, 2.75) is 35.2 Å². The number of hydrogen-bond acceptors (Lipinski definition) is 2. The minimum absolute atomic E-state index is 0.217. The van der Waals surface area contributed by atoms with Crippen molar-refractivity contribution >= 4 is 11.8 Å². The van der Waals surface area contributed by atoms with E-state index in [1.165, 1.54) is 18.2 Å². The van der Waals surface area contributed by atoms with Crippen molar-refractivity contribution in [2.75, 3.05) is 0 Å². The Bertz CT molecular complexity index is 656. The number of nitrogens with one attached hydrogen (secondary N) is 1. The molecule has 1 aliphatic rings. The molecule has 0 aliphatic heterocycles. The first-order valence-electron chi connectivity index (χ1n) is 6.77. The normalized spacial score (nSPS) is 14.4. The van der Waals surface area contributed by atoms with E-state index < -0.39 is 11.6 Å². The Morgan fingerprint density at radius 3 is 2.57 bits per heavy atom. The molecule has 0 amide bonds. The summed E-state index contributed by atoms with van der Waals surface area (Å²) in [4.78, 5) is 0.602. The molecule has 1 aliphatic carbocycles. The highest BCUT2D eigenvalue weighted by Crippen LogP contribution is 2.34. The predicted molar refractivity (Wildman–Crippen MR) is 76.7 cm³/mol. The van der Waals surface area contributed by atoms with E-state index >= 15 is 0 Å². The van der Waals surface area contributed by atoms with Crippen molar-refractivity contribution in [3.63, 3.8) is 0 Å². The van der Waals surface area contributed by atoms with E-state index in [-0.39, 0.29) is 10.7 Å². The van der Waals surface area contributed by atoms with Gasteiger partial charge in [-0.1, -0.05) is 23.9 Å². The molecule has 1 nitrogen and oxygen atoms in total. The monoisotopic (exact) mass is 309 g/mol. The van der Waals surface area contributed by atoms with Crippen molar-refractivity contribution in [1.82, 2.24) is 5.32 Å². The number of rotatable bonds is 5. The summed E-state index contributed by atoms with van der Waals surface area (Å²) in [5.74, 6) is -1.70. The standard InChI is InChI=1S/C16H14F3NS/c17-11-4-7-15(14(19)8-11)21-16-10(2-1-3-13(16)18)9-20-12-5-6-12/h1-4,7-8,12,20H,5-6,9H2. The van der Waals surface area contributed by atoms with Crippen LogP contribution in [0.4, 0.5) is 13.2 Å². The Morgan fingerprint density at radius 2 is 1.86 bits per heavy atom. The molecule has 0 bridgehead atoms. The lowest BCUT2D eigenvalue weighted by Crippen LogP contribution is -2.16. The zero-order valence-corrected chi connectivity index (χ0v) is 12.0. The fourth-order valence-corrected chi connectivity index (χ4v) is 2.97. The molecule has 1 N–H and O–H groups in total. The summed E-state index contributed by atoms with van der Waals surface area (Å²) in [6.07, 6.45) is 2.29. The van der Waals surface area contributed by atoms with E-state index in [1.807, 2.05) is 6.07 Å². The summed E-state index contributed by atoms with van der Waals surface area (Å²) in [5.41, 5.74) is 0.788. The Hall–Kier alpha value is -1.46. The molecule has 5 heteroatoms. The maximum atomic E-state index is 14.0. The number of halogens is 3. The van der Waals surface area contributed by atoms with Crippen molar-refractivity contribution in [1.29, 1.82) is 0 Å². The minimum atomic E-state index is -0.677. The van der Waals surface area contributed by atoms with Crippen LogP contribution in [0.2, 0.25) is 0 Å². The lowest BCUT2D eigenvalue weighted by Gasteiger charge is -2.11. The van der Waals surface area contributed by atoms with Crippen LogP contribution < -0.4 is 5.32 Å². The second-order valence-electron chi connectivity index (χ2n) is 5.06. The van der Waals surface area contributed by atoms with Gasteiger partial charge in [-0.15, -0.1) is 0 Å². The summed E-state index contributed by atoms with van der Waals surface area (Å²) in [6.45, 7) is 0.549. The van der Waals surface area contributed by atoms with Gasteiger partial charge in [0.2, 0.25) is 0 Å². The topological polar surface area (TPSA) is 12.0 Å². The van der Waals surface area contributed by atoms with Gasteiger partial charge < -0.3 is 5.32 Å². The quantitative estimate of drug-likeness (QED) is 0.872. The van der Waals surface area contributed by atoms with Gasteiger partial charge in [0.1, 0.15) is 17.5 Å². The maximum Gasteiger partial charge on any atom is 0.140 e. The van der Waals surface area contributed by atoms with Crippen LogP contribution in [0.5, 0.6) is 0 Å². The summed E-state index contributed by atoms with van der Waals surface area (Å²) in [6, 6.07) is 8.64. The molecule has 110 valence electrons. The summed E-state index contributed by atoms with van der Waals surface area (Å²) in [5, 5.41) is 3.32. The molecule has 21 heavy (non-hydrogen) atoms. The third-order valence-electron chi connectivity index (χ3n) is 3.31. The zero-order chi connectivity index (χ0) is 14.8. The van der Waals surface area contributed by atoms with Gasteiger partial charge in [0.05, 0.1) is 4.90 Å². The van der Waals surface area contributed by atoms with Gasteiger partial charge in [0.15, 0.2) is 0 Å². The highest BCUT2D eigenvalue weighted by molar-refractivity contribution is 7.99. The second kappa shape index (κ2) is 6.12. The molecule has 2 aromatic rings. The van der Waals surface area contributed by atoms with Crippen LogP contribution in [0.3, 0.4) is 0 Å². The SMILES string of the molecule is Fc1ccc(Sc2c(F)cccc2CNC2CC2)c(F)c1. The van der Waals surface area contributed by atoms with Gasteiger partial charge in [0, 0.05) is 23.5 Å². The predicted octanol–water partition coefficient (Wildman–Crippen LogP) is 4.51.